The number of benzene rings is 8. The normalized spacial score (nSPS) is 12.3. The molecule has 2 aromatic heterocycles. The summed E-state index contributed by atoms with van der Waals surface area (Å²) >= 11 is 0. The van der Waals surface area contributed by atoms with E-state index in [2.05, 4.69) is 188 Å². The van der Waals surface area contributed by atoms with Crippen LogP contribution in [0.3, 0.4) is 0 Å². The van der Waals surface area contributed by atoms with Gasteiger partial charge in [0.2, 0.25) is 0 Å². The van der Waals surface area contributed by atoms with Crippen LogP contribution in [0.1, 0.15) is 50.7 Å². The van der Waals surface area contributed by atoms with Gasteiger partial charge in [-0.25, -0.2) is 9.37 Å². The smallest absolute Gasteiger partial charge is 0.135 e. The van der Waals surface area contributed by atoms with Crippen molar-refractivity contribution in [2.24, 2.45) is 0 Å². The molecular weight excluding hydrogens is 1010 g/mol. The Morgan fingerprint density at radius 3 is 1.87 bits per heavy atom. The second-order valence-electron chi connectivity index (χ2n) is 17.4. The molecule has 0 unspecified atom stereocenters. The molecule has 0 amide bonds. The molecule has 0 fully saturated rings. The van der Waals surface area contributed by atoms with Crippen molar-refractivity contribution >= 4 is 44.6 Å². The third kappa shape index (κ3) is 8.10. The summed E-state index contributed by atoms with van der Waals surface area (Å²) < 4.78 is 24.4. The number of aromatic nitrogens is 2. The number of hydrogen-bond donors (Lipinski definition) is 0. The first-order valence-electron chi connectivity index (χ1n) is 22.5. The number of pyridine rings is 1. The van der Waals surface area contributed by atoms with Crippen LogP contribution < -0.4 is 14.5 Å². The van der Waals surface area contributed by atoms with Crippen LogP contribution in [-0.4, -0.2) is 9.55 Å². The van der Waals surface area contributed by atoms with Crippen LogP contribution in [0, 0.1) is 24.6 Å². The summed E-state index contributed by atoms with van der Waals surface area (Å²) in [7, 11) is 0. The van der Waals surface area contributed by atoms with E-state index >= 15 is 4.39 Å². The molecule has 0 N–H and O–H groups in total. The van der Waals surface area contributed by atoms with E-state index < -0.39 is 0 Å². The quantitative estimate of drug-likeness (QED) is 0.128. The third-order valence-electron chi connectivity index (χ3n) is 12.5. The third-order valence-corrected chi connectivity index (χ3v) is 12.5. The molecule has 332 valence electrons. The Hall–Kier alpha value is -7.27. The number of rotatable bonds is 10. The first kappa shape index (κ1) is 43.6. The van der Waals surface area contributed by atoms with Crippen molar-refractivity contribution in [2.75, 3.05) is 9.80 Å². The van der Waals surface area contributed by atoms with Gasteiger partial charge in [0.15, 0.2) is 0 Å². The molecule has 5 nitrogen and oxygen atoms in total. The zero-order valence-electron chi connectivity index (χ0n) is 37.5. The minimum absolute atomic E-state index is 0. The minimum atomic E-state index is -0.227. The zero-order valence-corrected chi connectivity index (χ0v) is 39.8. The van der Waals surface area contributed by atoms with E-state index in [1.165, 1.54) is 6.07 Å². The second kappa shape index (κ2) is 18.2. The van der Waals surface area contributed by atoms with E-state index in [4.69, 9.17) is 9.72 Å². The van der Waals surface area contributed by atoms with Crippen molar-refractivity contribution in [2.45, 2.75) is 39.5 Å². The van der Waals surface area contributed by atoms with Gasteiger partial charge in [0.25, 0.3) is 0 Å². The van der Waals surface area contributed by atoms with Crippen molar-refractivity contribution < 1.29 is 30.2 Å². The zero-order chi connectivity index (χ0) is 44.9. The molecule has 8 aromatic carbocycles. The summed E-state index contributed by atoms with van der Waals surface area (Å²) in [6.45, 7) is 11.0. The van der Waals surface area contributed by atoms with Crippen molar-refractivity contribution in [3.8, 4) is 50.7 Å². The molecule has 0 saturated heterocycles. The van der Waals surface area contributed by atoms with Crippen molar-refractivity contribution in [3.63, 3.8) is 0 Å². The van der Waals surface area contributed by atoms with Gasteiger partial charge in [-0.2, -0.15) is 6.07 Å². The molecule has 1 aliphatic rings. The van der Waals surface area contributed by atoms with Gasteiger partial charge < -0.3 is 19.1 Å². The topological polar surface area (TPSA) is 33.5 Å². The molecule has 0 saturated carbocycles. The van der Waals surface area contributed by atoms with Crippen molar-refractivity contribution in [1.29, 1.82) is 0 Å². The molecule has 0 aliphatic carbocycles. The summed E-state index contributed by atoms with van der Waals surface area (Å²) in [6, 6.07) is 68.9. The Balaban J connectivity index is 0.00000525. The average molecular weight is 1050 g/mol. The molecule has 0 atom stereocenters. The van der Waals surface area contributed by atoms with E-state index in [1.807, 2.05) is 48.7 Å². The molecule has 3 heterocycles. The number of anilines is 4. The first-order valence-corrected chi connectivity index (χ1v) is 22.5. The largest absolute Gasteiger partial charge is 0.509 e. The number of para-hydroxylation sites is 3. The van der Waals surface area contributed by atoms with Gasteiger partial charge in [0, 0.05) is 66.9 Å². The number of nitrogens with zero attached hydrogens (tertiary/aromatic N) is 4. The maximum absolute atomic E-state index is 15.4. The molecule has 11 rings (SSSR count). The molecular formula is C60H46FN4OPt-3. The first-order chi connectivity index (χ1) is 32.3. The van der Waals surface area contributed by atoms with E-state index in [-0.39, 0.29) is 38.7 Å². The summed E-state index contributed by atoms with van der Waals surface area (Å²) in [5.74, 6) is 2.00. The van der Waals surface area contributed by atoms with Crippen LogP contribution in [0.2, 0.25) is 0 Å². The van der Waals surface area contributed by atoms with Crippen molar-refractivity contribution in [1.82, 2.24) is 9.55 Å². The van der Waals surface area contributed by atoms with Crippen LogP contribution in [-0.2, 0) is 21.1 Å². The van der Waals surface area contributed by atoms with Gasteiger partial charge in [-0.3, -0.25) is 0 Å². The Kier molecular flexibility index (Phi) is 11.8. The molecule has 7 heteroatoms. The average Bonchev–Trinajstić information content (AvgIpc) is 3.90. The van der Waals surface area contributed by atoms with Gasteiger partial charge in [-0.15, -0.1) is 53.6 Å². The predicted molar refractivity (Wildman–Crippen MR) is 269 cm³/mol. The molecule has 1 aliphatic heterocycles. The summed E-state index contributed by atoms with van der Waals surface area (Å²) in [5.41, 5.74) is 14.0. The summed E-state index contributed by atoms with van der Waals surface area (Å²) in [4.78, 5) is 9.23. The second-order valence-corrected chi connectivity index (χ2v) is 17.4. The van der Waals surface area contributed by atoms with Crippen LogP contribution in [0.25, 0.3) is 61.0 Å². The van der Waals surface area contributed by atoms with Gasteiger partial charge in [-0.05, 0) is 99.1 Å². The summed E-state index contributed by atoms with van der Waals surface area (Å²) in [6.07, 6.45) is 1.81. The minimum Gasteiger partial charge on any atom is -0.509 e. The molecule has 10 aromatic rings. The van der Waals surface area contributed by atoms with Gasteiger partial charge in [0.1, 0.15) is 11.6 Å². The molecule has 0 radical (unpaired) electrons. The van der Waals surface area contributed by atoms with Gasteiger partial charge >= 0.3 is 0 Å². The fraction of sp³-hybridized carbons (Fsp3) is 0.100. The maximum atomic E-state index is 15.4. The number of halogens is 1. The fourth-order valence-electron chi connectivity index (χ4n) is 9.31. The van der Waals surface area contributed by atoms with E-state index in [1.54, 1.807) is 6.07 Å². The molecule has 67 heavy (non-hydrogen) atoms. The number of hydrogen-bond acceptors (Lipinski definition) is 4. The molecule has 0 spiro atoms. The Bertz CT molecular complexity index is 3370. The maximum Gasteiger partial charge on any atom is 0.135 e. The van der Waals surface area contributed by atoms with Gasteiger partial charge in [-0.1, -0.05) is 142 Å². The Morgan fingerprint density at radius 1 is 0.537 bits per heavy atom. The monoisotopic (exact) mass is 1050 g/mol. The Morgan fingerprint density at radius 2 is 1.16 bits per heavy atom. The van der Waals surface area contributed by atoms with E-state index in [0.29, 0.717) is 17.1 Å². The van der Waals surface area contributed by atoms with Crippen LogP contribution in [0.5, 0.6) is 11.5 Å². The van der Waals surface area contributed by atoms with Crippen LogP contribution in [0.15, 0.2) is 188 Å². The molecule has 0 bridgehead atoms. The summed E-state index contributed by atoms with van der Waals surface area (Å²) in [5, 5.41) is 2.18. The standard InChI is InChI=1S/C60H46FN4O.Pt/c1-39(2)52-34-45(49-18-8-10-20-54(49)61)35-53(40(3)4)60(52)64-38-63(56-22-12-13-23-57(56)64)46-32-44(43-27-25-42(26-28-43)41-16-6-5-7-17-41)33-48(36-46)66-47-29-30-51-50-19-9-11-21-55(50)65(58(51)37-47)59-24-14-15-31-62-59;/h5-35,38-40H,1-4H3;/q-3;. The van der Waals surface area contributed by atoms with Crippen LogP contribution >= 0.6 is 0 Å². The predicted octanol–water partition coefficient (Wildman–Crippen LogP) is 16.4. The van der Waals surface area contributed by atoms with E-state index in [9.17, 15) is 0 Å². The number of fused-ring (bicyclic) bond motifs is 4. The fourth-order valence-corrected chi connectivity index (χ4v) is 9.31. The van der Waals surface area contributed by atoms with Gasteiger partial charge in [0.05, 0.1) is 0 Å². The van der Waals surface area contributed by atoms with E-state index in [0.717, 1.165) is 89.3 Å². The SMILES string of the molecule is CC(C)c1cc(-c2ccccc2F)cc(C(C)C)c1N1[CH-]N(c2[c-]c(Oc3[c-]c4c(cc3)c3ccccc3n4-c3ccccn3)cc(-c3ccc(-c4ccccc4)cc3)c2)c2ccccc21.[Pt]. The Labute approximate surface area is 406 Å². The number of ether oxygens (including phenoxy) is 1. The van der Waals surface area contributed by atoms with Crippen LogP contribution in [0.4, 0.5) is 27.1 Å². The van der Waals surface area contributed by atoms with Crippen molar-refractivity contribution in [3.05, 3.63) is 224 Å².